The van der Waals surface area contributed by atoms with Crippen molar-refractivity contribution in [1.29, 1.82) is 0 Å². The molecule has 3 heteroatoms. The zero-order valence-electron chi connectivity index (χ0n) is 13.5. The van der Waals surface area contributed by atoms with E-state index >= 15 is 0 Å². The van der Waals surface area contributed by atoms with Crippen LogP contribution in [-0.2, 0) is 6.54 Å². The van der Waals surface area contributed by atoms with Crippen molar-refractivity contribution in [2.24, 2.45) is 11.8 Å². The highest BCUT2D eigenvalue weighted by Gasteiger charge is 2.10. The number of nitrogens with one attached hydrogen (secondary N) is 1. The van der Waals surface area contributed by atoms with Gasteiger partial charge in [0.05, 0.1) is 5.69 Å². The lowest BCUT2D eigenvalue weighted by Crippen LogP contribution is -2.19. The van der Waals surface area contributed by atoms with Gasteiger partial charge >= 0.3 is 0 Å². The number of rotatable bonds is 8. The highest BCUT2D eigenvalue weighted by Crippen LogP contribution is 2.15. The van der Waals surface area contributed by atoms with Crippen molar-refractivity contribution in [2.75, 3.05) is 5.32 Å². The Morgan fingerprint density at radius 2 is 1.79 bits per heavy atom. The van der Waals surface area contributed by atoms with Gasteiger partial charge in [-0.1, -0.05) is 40.5 Å². The van der Waals surface area contributed by atoms with Crippen LogP contribution in [0.15, 0.2) is 6.20 Å². The molecule has 0 aromatic carbocycles. The maximum absolute atomic E-state index is 4.60. The summed E-state index contributed by atoms with van der Waals surface area (Å²) in [5.74, 6) is 2.48. The number of anilines is 1. The number of hydrogen-bond acceptors (Lipinski definition) is 2. The van der Waals surface area contributed by atoms with E-state index in [1.165, 1.54) is 19.3 Å². The molecule has 3 nitrogen and oxygen atoms in total. The molecule has 1 N–H and O–H groups in total. The number of nitrogens with zero attached hydrogens (tertiary/aromatic N) is 2. The van der Waals surface area contributed by atoms with E-state index in [0.717, 1.165) is 24.1 Å². The Hall–Kier alpha value is -0.990. The van der Waals surface area contributed by atoms with Crippen molar-refractivity contribution in [3.8, 4) is 0 Å². The lowest BCUT2D eigenvalue weighted by Gasteiger charge is -2.17. The van der Waals surface area contributed by atoms with E-state index in [1.54, 1.807) is 0 Å². The van der Waals surface area contributed by atoms with Crippen molar-refractivity contribution in [1.82, 2.24) is 9.55 Å². The summed E-state index contributed by atoms with van der Waals surface area (Å²) in [4.78, 5) is 4.60. The molecule has 0 bridgehead atoms. The van der Waals surface area contributed by atoms with Gasteiger partial charge in [-0.3, -0.25) is 0 Å². The summed E-state index contributed by atoms with van der Waals surface area (Å²) in [6, 6.07) is 0.492. The molecule has 0 saturated heterocycles. The predicted molar refractivity (Wildman–Crippen MR) is 83.6 cm³/mol. The average molecular weight is 265 g/mol. The van der Waals surface area contributed by atoms with E-state index in [0.29, 0.717) is 12.0 Å². The van der Waals surface area contributed by atoms with Crippen LogP contribution in [0, 0.1) is 18.8 Å². The van der Waals surface area contributed by atoms with Gasteiger partial charge in [-0.05, 0) is 32.1 Å². The van der Waals surface area contributed by atoms with Gasteiger partial charge in [0, 0.05) is 18.8 Å². The highest BCUT2D eigenvalue weighted by molar-refractivity contribution is 5.29. The molecule has 0 fully saturated rings. The van der Waals surface area contributed by atoms with Crippen LogP contribution in [0.5, 0.6) is 0 Å². The molecule has 1 unspecified atom stereocenters. The molecule has 0 spiro atoms. The Labute approximate surface area is 118 Å². The van der Waals surface area contributed by atoms with Gasteiger partial charge in [0.25, 0.3) is 0 Å². The lowest BCUT2D eigenvalue weighted by atomic mass is 10.0. The van der Waals surface area contributed by atoms with Crippen LogP contribution in [-0.4, -0.2) is 15.6 Å². The van der Waals surface area contributed by atoms with Crippen molar-refractivity contribution in [3.63, 3.8) is 0 Å². The molecule has 1 atom stereocenters. The fourth-order valence-corrected chi connectivity index (χ4v) is 2.32. The van der Waals surface area contributed by atoms with E-state index < -0.39 is 0 Å². The molecule has 1 aromatic heterocycles. The van der Waals surface area contributed by atoms with E-state index in [-0.39, 0.29) is 0 Å². The summed E-state index contributed by atoms with van der Waals surface area (Å²) in [5, 5.41) is 3.56. The number of aromatic nitrogens is 2. The van der Waals surface area contributed by atoms with Crippen molar-refractivity contribution >= 4 is 5.95 Å². The van der Waals surface area contributed by atoms with Crippen LogP contribution >= 0.6 is 0 Å². The minimum atomic E-state index is 0.492. The molecule has 0 aliphatic carbocycles. The number of hydrogen-bond donors (Lipinski definition) is 1. The van der Waals surface area contributed by atoms with Crippen LogP contribution in [0.4, 0.5) is 5.95 Å². The standard InChI is InChI=1S/C16H31N3/c1-12(2)8-7-9-14(5)17-16-18-15(6)11-19(16)10-13(3)4/h11-14H,7-10H2,1-6H3,(H,17,18). The van der Waals surface area contributed by atoms with Crippen LogP contribution in [0.1, 0.15) is 59.6 Å². The van der Waals surface area contributed by atoms with Crippen molar-refractivity contribution < 1.29 is 0 Å². The molecule has 1 aromatic rings. The summed E-state index contributed by atoms with van der Waals surface area (Å²) in [6.45, 7) is 14.4. The number of aryl methyl sites for hydroxylation is 1. The lowest BCUT2D eigenvalue weighted by molar-refractivity contribution is 0.508. The van der Waals surface area contributed by atoms with E-state index in [4.69, 9.17) is 0 Å². The third kappa shape index (κ3) is 6.13. The van der Waals surface area contributed by atoms with Gasteiger partial charge in [0.2, 0.25) is 5.95 Å². The molecular formula is C16H31N3. The van der Waals surface area contributed by atoms with Crippen LogP contribution in [0.3, 0.4) is 0 Å². The summed E-state index contributed by atoms with van der Waals surface area (Å²) >= 11 is 0. The number of imidazole rings is 1. The Balaban J connectivity index is 2.50. The Morgan fingerprint density at radius 3 is 2.37 bits per heavy atom. The first-order chi connectivity index (χ1) is 8.88. The first-order valence-corrected chi connectivity index (χ1v) is 7.68. The highest BCUT2D eigenvalue weighted by atomic mass is 15.2. The summed E-state index contributed by atoms with van der Waals surface area (Å²) in [7, 11) is 0. The van der Waals surface area contributed by atoms with Crippen molar-refractivity contribution in [3.05, 3.63) is 11.9 Å². The molecule has 0 radical (unpaired) electrons. The molecule has 110 valence electrons. The summed E-state index contributed by atoms with van der Waals surface area (Å²) in [5.41, 5.74) is 1.09. The Morgan fingerprint density at radius 1 is 1.11 bits per heavy atom. The maximum Gasteiger partial charge on any atom is 0.203 e. The summed E-state index contributed by atoms with van der Waals surface area (Å²) in [6.07, 6.45) is 5.95. The van der Waals surface area contributed by atoms with Gasteiger partial charge in [0.1, 0.15) is 0 Å². The quantitative estimate of drug-likeness (QED) is 0.751. The normalized spacial score (nSPS) is 13.3. The SMILES string of the molecule is Cc1cn(CC(C)C)c(NC(C)CCCC(C)C)n1. The van der Waals surface area contributed by atoms with Gasteiger partial charge in [-0.25, -0.2) is 4.98 Å². The summed E-state index contributed by atoms with van der Waals surface area (Å²) < 4.78 is 2.25. The minimum Gasteiger partial charge on any atom is -0.353 e. The first-order valence-electron chi connectivity index (χ1n) is 7.68. The van der Waals surface area contributed by atoms with Crippen LogP contribution in [0.2, 0.25) is 0 Å². The molecule has 0 amide bonds. The van der Waals surface area contributed by atoms with Crippen molar-refractivity contribution in [2.45, 2.75) is 73.4 Å². The van der Waals surface area contributed by atoms with Gasteiger partial charge < -0.3 is 9.88 Å². The Kier molecular flexibility index (Phi) is 6.40. The average Bonchev–Trinajstić information content (AvgIpc) is 2.57. The Bertz CT molecular complexity index is 366. The monoisotopic (exact) mass is 265 g/mol. The fourth-order valence-electron chi connectivity index (χ4n) is 2.32. The second-order valence-electron chi connectivity index (χ2n) is 6.62. The third-order valence-corrected chi connectivity index (χ3v) is 3.25. The minimum absolute atomic E-state index is 0.492. The van der Waals surface area contributed by atoms with E-state index in [9.17, 15) is 0 Å². The fraction of sp³-hybridized carbons (Fsp3) is 0.812. The first kappa shape index (κ1) is 16.1. The zero-order chi connectivity index (χ0) is 14.4. The van der Waals surface area contributed by atoms with E-state index in [1.807, 2.05) is 0 Å². The predicted octanol–water partition coefficient (Wildman–Crippen LogP) is 4.47. The molecule has 0 aliphatic heterocycles. The molecule has 0 saturated carbocycles. The third-order valence-electron chi connectivity index (χ3n) is 3.25. The molecular weight excluding hydrogens is 234 g/mol. The maximum atomic E-state index is 4.60. The molecule has 0 aliphatic rings. The van der Waals surface area contributed by atoms with Crippen LogP contribution in [0.25, 0.3) is 0 Å². The second-order valence-corrected chi connectivity index (χ2v) is 6.62. The van der Waals surface area contributed by atoms with E-state index in [2.05, 4.69) is 62.6 Å². The second kappa shape index (κ2) is 7.56. The topological polar surface area (TPSA) is 29.9 Å². The molecule has 1 rings (SSSR count). The molecule has 19 heavy (non-hydrogen) atoms. The zero-order valence-corrected chi connectivity index (χ0v) is 13.5. The molecule has 1 heterocycles. The smallest absolute Gasteiger partial charge is 0.203 e. The largest absolute Gasteiger partial charge is 0.353 e. The van der Waals surface area contributed by atoms with Crippen LogP contribution < -0.4 is 5.32 Å². The van der Waals surface area contributed by atoms with Gasteiger partial charge in [-0.15, -0.1) is 0 Å². The van der Waals surface area contributed by atoms with Gasteiger partial charge in [-0.2, -0.15) is 0 Å². The van der Waals surface area contributed by atoms with Gasteiger partial charge in [0.15, 0.2) is 0 Å².